The summed E-state index contributed by atoms with van der Waals surface area (Å²) < 4.78 is 27.6. The lowest BCUT2D eigenvalue weighted by Crippen LogP contribution is -2.37. The summed E-state index contributed by atoms with van der Waals surface area (Å²) in [6.07, 6.45) is 2.98. The van der Waals surface area contributed by atoms with Gasteiger partial charge in [-0.05, 0) is 61.7 Å². The van der Waals surface area contributed by atoms with Crippen LogP contribution in [-0.2, 0) is 5.66 Å². The smallest absolute Gasteiger partial charge is 0.205 e. The highest BCUT2D eigenvalue weighted by Gasteiger charge is 2.41. The third-order valence-electron chi connectivity index (χ3n) is 5.62. The van der Waals surface area contributed by atoms with Crippen LogP contribution in [0.15, 0.2) is 75.9 Å². The van der Waals surface area contributed by atoms with Gasteiger partial charge in [0.25, 0.3) is 0 Å². The highest BCUT2D eigenvalue weighted by Crippen LogP contribution is 2.42. The molecule has 0 aromatic heterocycles. The van der Waals surface area contributed by atoms with Crippen LogP contribution in [0.1, 0.15) is 26.3 Å². The number of likely N-dealkylation sites (N-methyl/N-ethyl adjacent to an activating group) is 1. The first-order valence-corrected chi connectivity index (χ1v) is 10.1. The van der Waals surface area contributed by atoms with Gasteiger partial charge in [-0.3, -0.25) is 0 Å². The zero-order valence-electron chi connectivity index (χ0n) is 17.6. The van der Waals surface area contributed by atoms with E-state index in [1.807, 2.05) is 38.3 Å². The van der Waals surface area contributed by atoms with Crippen LogP contribution in [0.25, 0.3) is 11.1 Å². The number of rotatable bonds is 4. The van der Waals surface area contributed by atoms with Crippen LogP contribution in [0.4, 0.5) is 8.78 Å². The molecular formula is C24H24F2N4O. The third-order valence-corrected chi connectivity index (χ3v) is 5.62. The first-order valence-electron chi connectivity index (χ1n) is 10.1. The van der Waals surface area contributed by atoms with Crippen LogP contribution in [0.5, 0.6) is 0 Å². The molecule has 160 valence electrons. The Balaban J connectivity index is 1.90. The van der Waals surface area contributed by atoms with Gasteiger partial charge in [-0.2, -0.15) is 0 Å². The Bertz CT molecular complexity index is 1130. The normalized spacial score (nSPS) is 23.3. The maximum atomic E-state index is 13.8. The summed E-state index contributed by atoms with van der Waals surface area (Å²) in [4.78, 5) is 11.3. The molecule has 2 aromatic rings. The molecule has 3 N–H and O–H groups in total. The van der Waals surface area contributed by atoms with Gasteiger partial charge in [-0.25, -0.2) is 18.8 Å². The second kappa shape index (κ2) is 7.74. The zero-order chi connectivity index (χ0) is 22.3. The van der Waals surface area contributed by atoms with Crippen LogP contribution in [-0.4, -0.2) is 34.3 Å². The van der Waals surface area contributed by atoms with Crippen LogP contribution in [0, 0.1) is 11.6 Å². The Labute approximate surface area is 179 Å². The number of nitrogens with two attached hydrogens (primary N) is 1. The van der Waals surface area contributed by atoms with Crippen LogP contribution in [0.2, 0.25) is 0 Å². The number of hydrogen-bond donors (Lipinski definition) is 2. The third kappa shape index (κ3) is 3.65. The van der Waals surface area contributed by atoms with Crippen molar-refractivity contribution in [3.8, 4) is 11.1 Å². The number of hydrogen-bond acceptors (Lipinski definition) is 5. The molecule has 2 aromatic carbocycles. The van der Waals surface area contributed by atoms with E-state index < -0.39 is 23.5 Å². The van der Waals surface area contributed by atoms with E-state index in [1.54, 1.807) is 24.0 Å². The van der Waals surface area contributed by atoms with Gasteiger partial charge in [-0.1, -0.05) is 18.2 Å². The largest absolute Gasteiger partial charge is 0.382 e. The standard InChI is InChI=1S/C24H24F2N4O/c1-4-30-13-19(8-14(2)23(30)31)24(28-15(3)22(27)29-24)18-7-5-6-16(9-18)17-10-20(25)12-21(26)11-17/h5-13,23,31H,4H2,1-3H3,(H2,27,29). The predicted octanol–water partition coefficient (Wildman–Crippen LogP) is 4.10. The van der Waals surface area contributed by atoms with Gasteiger partial charge in [-0.15, -0.1) is 0 Å². The van der Waals surface area contributed by atoms with Crippen molar-refractivity contribution in [2.24, 2.45) is 15.7 Å². The monoisotopic (exact) mass is 422 g/mol. The lowest BCUT2D eigenvalue weighted by atomic mass is 9.87. The Kier molecular flexibility index (Phi) is 5.23. The summed E-state index contributed by atoms with van der Waals surface area (Å²) in [6, 6.07) is 10.7. The summed E-state index contributed by atoms with van der Waals surface area (Å²) in [5.74, 6) is -0.968. The maximum absolute atomic E-state index is 13.8. The fourth-order valence-electron chi connectivity index (χ4n) is 3.96. The summed E-state index contributed by atoms with van der Waals surface area (Å²) in [6.45, 7) is 6.18. The Morgan fingerprint density at radius 1 is 1.06 bits per heavy atom. The van der Waals surface area contributed by atoms with Gasteiger partial charge >= 0.3 is 0 Å². The number of halogens is 2. The average Bonchev–Trinajstić information content (AvgIpc) is 3.05. The van der Waals surface area contributed by atoms with Crippen molar-refractivity contribution in [1.29, 1.82) is 0 Å². The molecule has 31 heavy (non-hydrogen) atoms. The van der Waals surface area contributed by atoms with Crippen LogP contribution >= 0.6 is 0 Å². The van der Waals surface area contributed by atoms with E-state index in [0.29, 0.717) is 34.8 Å². The van der Waals surface area contributed by atoms with Gasteiger partial charge < -0.3 is 15.7 Å². The summed E-state index contributed by atoms with van der Waals surface area (Å²) in [5.41, 5.74) is 8.84. The Morgan fingerprint density at radius 3 is 2.39 bits per heavy atom. The van der Waals surface area contributed by atoms with E-state index in [2.05, 4.69) is 0 Å². The van der Waals surface area contributed by atoms with E-state index in [9.17, 15) is 13.9 Å². The van der Waals surface area contributed by atoms with E-state index in [1.165, 1.54) is 12.1 Å². The second-order valence-corrected chi connectivity index (χ2v) is 7.78. The molecule has 2 aliphatic heterocycles. The fraction of sp³-hybridized carbons (Fsp3) is 0.250. The molecule has 7 heteroatoms. The zero-order valence-corrected chi connectivity index (χ0v) is 17.6. The minimum absolute atomic E-state index is 0.323. The molecule has 2 heterocycles. The van der Waals surface area contributed by atoms with Crippen molar-refractivity contribution < 1.29 is 13.9 Å². The SMILES string of the molecule is CCN1C=C(C2(c3cccc(-c4cc(F)cc(F)c4)c3)N=C(C)C(N)=N2)C=C(C)C1O. The van der Waals surface area contributed by atoms with Crippen LogP contribution in [0.3, 0.4) is 0 Å². The van der Waals surface area contributed by atoms with Gasteiger partial charge in [0.15, 0.2) is 0 Å². The topological polar surface area (TPSA) is 74.2 Å². The van der Waals surface area contributed by atoms with Crippen molar-refractivity contribution in [2.75, 3.05) is 6.54 Å². The number of benzene rings is 2. The lowest BCUT2D eigenvalue weighted by molar-refractivity contribution is 0.0690. The van der Waals surface area contributed by atoms with E-state index in [0.717, 1.165) is 17.2 Å². The van der Waals surface area contributed by atoms with E-state index in [-0.39, 0.29) is 0 Å². The summed E-state index contributed by atoms with van der Waals surface area (Å²) >= 11 is 0. The quantitative estimate of drug-likeness (QED) is 0.779. The molecule has 0 amide bonds. The number of aliphatic hydroxyl groups excluding tert-OH is 1. The lowest BCUT2D eigenvalue weighted by Gasteiger charge is -2.35. The van der Waals surface area contributed by atoms with Crippen molar-refractivity contribution in [3.05, 3.63) is 83.1 Å². The molecule has 2 aliphatic rings. The van der Waals surface area contributed by atoms with E-state index >= 15 is 0 Å². The highest BCUT2D eigenvalue weighted by molar-refractivity contribution is 6.41. The molecule has 0 bridgehead atoms. The minimum Gasteiger partial charge on any atom is -0.382 e. The number of nitrogens with zero attached hydrogens (tertiary/aromatic N) is 3. The molecule has 0 aliphatic carbocycles. The fourth-order valence-corrected chi connectivity index (χ4v) is 3.96. The van der Waals surface area contributed by atoms with Crippen molar-refractivity contribution in [3.63, 3.8) is 0 Å². The minimum atomic E-state index is -1.15. The van der Waals surface area contributed by atoms with E-state index in [4.69, 9.17) is 15.7 Å². The molecule has 0 saturated heterocycles. The average molecular weight is 422 g/mol. The first kappa shape index (κ1) is 20.9. The molecule has 5 nitrogen and oxygen atoms in total. The Hall–Kier alpha value is -3.32. The molecule has 2 unspecified atom stereocenters. The van der Waals surface area contributed by atoms with Crippen molar-refractivity contribution >= 4 is 11.5 Å². The van der Waals surface area contributed by atoms with Gasteiger partial charge in [0, 0.05) is 29.9 Å². The second-order valence-electron chi connectivity index (χ2n) is 7.78. The number of amidine groups is 1. The molecule has 4 rings (SSSR count). The maximum Gasteiger partial charge on any atom is 0.205 e. The molecule has 0 saturated carbocycles. The molecule has 0 fully saturated rings. The predicted molar refractivity (Wildman–Crippen MR) is 118 cm³/mol. The number of aliphatic imine (C=N–C) groups is 2. The number of aliphatic hydroxyl groups is 1. The first-order chi connectivity index (χ1) is 14.7. The molecule has 0 spiro atoms. The Morgan fingerprint density at radius 2 is 1.77 bits per heavy atom. The highest BCUT2D eigenvalue weighted by atomic mass is 19.1. The summed E-state index contributed by atoms with van der Waals surface area (Å²) in [7, 11) is 0. The van der Waals surface area contributed by atoms with Gasteiger partial charge in [0.1, 0.15) is 23.7 Å². The summed E-state index contributed by atoms with van der Waals surface area (Å²) in [5, 5.41) is 10.4. The van der Waals surface area contributed by atoms with Crippen molar-refractivity contribution in [2.45, 2.75) is 32.7 Å². The molecular weight excluding hydrogens is 398 g/mol. The van der Waals surface area contributed by atoms with Gasteiger partial charge in [0.2, 0.25) is 5.66 Å². The van der Waals surface area contributed by atoms with Crippen LogP contribution < -0.4 is 5.73 Å². The van der Waals surface area contributed by atoms with Gasteiger partial charge in [0.05, 0.1) is 5.71 Å². The molecule has 2 atom stereocenters. The van der Waals surface area contributed by atoms with Crippen molar-refractivity contribution in [1.82, 2.24) is 4.90 Å². The molecule has 0 radical (unpaired) electrons.